The van der Waals surface area contributed by atoms with Crippen molar-refractivity contribution in [3.8, 4) is 0 Å². The summed E-state index contributed by atoms with van der Waals surface area (Å²) in [6, 6.07) is 5.13. The minimum absolute atomic E-state index is 0.265. The molecule has 0 atom stereocenters. The minimum Gasteiger partial charge on any atom is -0.317 e. The van der Waals surface area contributed by atoms with Gasteiger partial charge in [-0.1, -0.05) is 15.9 Å². The Morgan fingerprint density at radius 2 is 1.89 bits per heavy atom. The summed E-state index contributed by atoms with van der Waals surface area (Å²) >= 11 is 6.60. The van der Waals surface area contributed by atoms with Crippen molar-refractivity contribution in [1.82, 2.24) is 10.0 Å². The van der Waals surface area contributed by atoms with Gasteiger partial charge in [0.2, 0.25) is 10.0 Å². The maximum Gasteiger partial charge on any atom is 0.242 e. The zero-order valence-electron chi connectivity index (χ0n) is 10.5. The molecule has 1 heterocycles. The van der Waals surface area contributed by atoms with Gasteiger partial charge in [-0.25, -0.2) is 13.1 Å². The molecule has 2 N–H and O–H groups in total. The maximum absolute atomic E-state index is 12.5. The van der Waals surface area contributed by atoms with Gasteiger partial charge in [-0.3, -0.25) is 0 Å². The van der Waals surface area contributed by atoms with E-state index in [1.165, 1.54) is 0 Å². The number of benzene rings is 1. The van der Waals surface area contributed by atoms with Gasteiger partial charge in [0.15, 0.2) is 0 Å². The lowest BCUT2D eigenvalue weighted by Gasteiger charge is -2.34. The van der Waals surface area contributed by atoms with Gasteiger partial charge < -0.3 is 5.32 Å². The van der Waals surface area contributed by atoms with E-state index in [9.17, 15) is 8.42 Å². The summed E-state index contributed by atoms with van der Waals surface area (Å²) in [5.74, 6) is 0. The van der Waals surface area contributed by atoms with Gasteiger partial charge in [0.1, 0.15) is 0 Å². The van der Waals surface area contributed by atoms with E-state index in [-0.39, 0.29) is 10.4 Å². The standard InChI is InChI=1S/C12H16Br2N2O2S/c1-12(4-6-15-7-5-12)16-19(17,18)11-8-9(13)2-3-10(11)14/h2-3,8,15-16H,4-7H2,1H3. The van der Waals surface area contributed by atoms with Crippen LogP contribution in [0.15, 0.2) is 32.0 Å². The third-order valence-electron chi connectivity index (χ3n) is 3.27. The summed E-state index contributed by atoms with van der Waals surface area (Å²) in [4.78, 5) is 0.265. The highest BCUT2D eigenvalue weighted by Crippen LogP contribution is 2.28. The highest BCUT2D eigenvalue weighted by molar-refractivity contribution is 9.11. The first-order valence-corrected chi connectivity index (χ1v) is 9.09. The Kier molecular flexibility index (Phi) is 4.72. The second-order valence-corrected chi connectivity index (χ2v) is 8.41. The van der Waals surface area contributed by atoms with Gasteiger partial charge in [-0.2, -0.15) is 0 Å². The summed E-state index contributed by atoms with van der Waals surface area (Å²) in [5, 5.41) is 3.23. The molecule has 0 unspecified atom stereocenters. The van der Waals surface area contributed by atoms with Crippen molar-refractivity contribution in [3.05, 3.63) is 27.1 Å². The molecule has 0 spiro atoms. The fourth-order valence-corrected chi connectivity index (χ4v) is 5.11. The SMILES string of the molecule is CC1(NS(=O)(=O)c2cc(Br)ccc2Br)CCNCC1. The van der Waals surface area contributed by atoms with Crippen LogP contribution in [-0.2, 0) is 10.0 Å². The number of rotatable bonds is 3. The molecule has 0 aliphatic carbocycles. The molecule has 106 valence electrons. The number of nitrogens with one attached hydrogen (secondary N) is 2. The summed E-state index contributed by atoms with van der Waals surface area (Å²) in [7, 11) is -3.53. The van der Waals surface area contributed by atoms with Crippen molar-refractivity contribution in [1.29, 1.82) is 0 Å². The number of hydrogen-bond donors (Lipinski definition) is 2. The Balaban J connectivity index is 2.29. The molecule has 2 rings (SSSR count). The van der Waals surface area contributed by atoms with Gasteiger partial charge in [0, 0.05) is 14.5 Å². The third kappa shape index (κ3) is 3.78. The number of hydrogen-bond acceptors (Lipinski definition) is 3. The molecular weight excluding hydrogens is 396 g/mol. The smallest absolute Gasteiger partial charge is 0.242 e. The monoisotopic (exact) mass is 410 g/mol. The summed E-state index contributed by atoms with van der Waals surface area (Å²) < 4.78 is 29.1. The van der Waals surface area contributed by atoms with E-state index in [4.69, 9.17) is 0 Å². The molecule has 1 fully saturated rings. The molecule has 4 nitrogen and oxygen atoms in total. The van der Waals surface area contributed by atoms with Gasteiger partial charge in [-0.05, 0) is 67.0 Å². The molecule has 1 aromatic rings. The Labute approximate surface area is 130 Å². The van der Waals surface area contributed by atoms with E-state index in [0.29, 0.717) is 4.47 Å². The Morgan fingerprint density at radius 1 is 1.26 bits per heavy atom. The fourth-order valence-electron chi connectivity index (χ4n) is 2.14. The molecule has 0 saturated carbocycles. The number of sulfonamides is 1. The van der Waals surface area contributed by atoms with Crippen LogP contribution in [0.25, 0.3) is 0 Å². The lowest BCUT2D eigenvalue weighted by Crippen LogP contribution is -2.52. The highest BCUT2D eigenvalue weighted by Gasteiger charge is 2.32. The predicted molar refractivity (Wildman–Crippen MR) is 82.7 cm³/mol. The van der Waals surface area contributed by atoms with Crippen molar-refractivity contribution in [3.63, 3.8) is 0 Å². The molecule has 0 amide bonds. The van der Waals surface area contributed by atoms with Crippen LogP contribution in [0.3, 0.4) is 0 Å². The quantitative estimate of drug-likeness (QED) is 0.803. The van der Waals surface area contributed by atoms with E-state index in [0.717, 1.165) is 30.4 Å². The highest BCUT2D eigenvalue weighted by atomic mass is 79.9. The molecule has 1 aliphatic heterocycles. The predicted octanol–water partition coefficient (Wildman–Crippen LogP) is 2.63. The first-order chi connectivity index (χ1) is 8.82. The van der Waals surface area contributed by atoms with Gasteiger partial charge in [0.05, 0.1) is 4.90 Å². The van der Waals surface area contributed by atoms with Crippen LogP contribution < -0.4 is 10.0 Å². The molecule has 0 radical (unpaired) electrons. The molecule has 7 heteroatoms. The second kappa shape index (κ2) is 5.81. The van der Waals surface area contributed by atoms with Crippen LogP contribution in [0, 0.1) is 0 Å². The maximum atomic E-state index is 12.5. The summed E-state index contributed by atoms with van der Waals surface area (Å²) in [5.41, 5.74) is -0.383. The first kappa shape index (κ1) is 15.4. The van der Waals surface area contributed by atoms with Gasteiger partial charge >= 0.3 is 0 Å². The molecule has 1 aromatic carbocycles. The van der Waals surface area contributed by atoms with Crippen LogP contribution in [-0.4, -0.2) is 27.0 Å². The van der Waals surface area contributed by atoms with Gasteiger partial charge in [-0.15, -0.1) is 0 Å². The topological polar surface area (TPSA) is 58.2 Å². The molecule has 0 aromatic heterocycles. The van der Waals surface area contributed by atoms with Crippen LogP contribution in [0.1, 0.15) is 19.8 Å². The van der Waals surface area contributed by atoms with E-state index >= 15 is 0 Å². The van der Waals surface area contributed by atoms with Crippen molar-refractivity contribution >= 4 is 41.9 Å². The second-order valence-electron chi connectivity index (χ2n) is 4.99. The van der Waals surface area contributed by atoms with E-state index in [1.54, 1.807) is 18.2 Å². The van der Waals surface area contributed by atoms with Crippen molar-refractivity contribution in [2.45, 2.75) is 30.2 Å². The Bertz CT molecular complexity index is 569. The molecule has 19 heavy (non-hydrogen) atoms. The van der Waals surface area contributed by atoms with Crippen LogP contribution in [0.5, 0.6) is 0 Å². The summed E-state index contributed by atoms with van der Waals surface area (Å²) in [6.45, 7) is 3.62. The van der Waals surface area contributed by atoms with Crippen molar-refractivity contribution in [2.24, 2.45) is 0 Å². The van der Waals surface area contributed by atoms with E-state index < -0.39 is 10.0 Å². The fraction of sp³-hybridized carbons (Fsp3) is 0.500. The zero-order valence-corrected chi connectivity index (χ0v) is 14.5. The molecule has 0 bridgehead atoms. The normalized spacial score (nSPS) is 19.3. The lowest BCUT2D eigenvalue weighted by atomic mass is 9.92. The minimum atomic E-state index is -3.53. The first-order valence-electron chi connectivity index (χ1n) is 6.02. The van der Waals surface area contributed by atoms with Gasteiger partial charge in [0.25, 0.3) is 0 Å². The summed E-state index contributed by atoms with van der Waals surface area (Å²) in [6.07, 6.45) is 1.58. The molecule has 1 aliphatic rings. The Hall–Kier alpha value is 0.0500. The Morgan fingerprint density at radius 3 is 2.53 bits per heavy atom. The van der Waals surface area contributed by atoms with Crippen molar-refractivity contribution < 1.29 is 8.42 Å². The number of halogens is 2. The van der Waals surface area contributed by atoms with Crippen LogP contribution in [0.2, 0.25) is 0 Å². The lowest BCUT2D eigenvalue weighted by molar-refractivity contribution is 0.308. The van der Waals surface area contributed by atoms with Crippen LogP contribution >= 0.6 is 31.9 Å². The van der Waals surface area contributed by atoms with Crippen LogP contribution in [0.4, 0.5) is 0 Å². The van der Waals surface area contributed by atoms with E-state index in [2.05, 4.69) is 41.9 Å². The largest absolute Gasteiger partial charge is 0.317 e. The number of piperidine rings is 1. The average Bonchev–Trinajstić information content (AvgIpc) is 2.31. The average molecular weight is 412 g/mol. The van der Waals surface area contributed by atoms with E-state index in [1.807, 2.05) is 6.92 Å². The molecular formula is C12H16Br2N2O2S. The van der Waals surface area contributed by atoms with Crippen molar-refractivity contribution in [2.75, 3.05) is 13.1 Å². The zero-order chi connectivity index (χ0) is 14.1. The molecule has 1 saturated heterocycles. The third-order valence-corrected chi connectivity index (χ3v) is 6.40.